The van der Waals surface area contributed by atoms with Crippen molar-refractivity contribution in [2.45, 2.75) is 31.6 Å². The lowest BCUT2D eigenvalue weighted by molar-refractivity contribution is -0.114. The summed E-state index contributed by atoms with van der Waals surface area (Å²) in [4.78, 5) is 25.8. The Morgan fingerprint density at radius 3 is 2.22 bits per heavy atom. The quantitative estimate of drug-likeness (QED) is 0.364. The van der Waals surface area contributed by atoms with Crippen molar-refractivity contribution in [2.75, 3.05) is 36.4 Å². The number of sulfonamides is 1. The molecule has 2 N–H and O–H groups in total. The Kier molecular flexibility index (Phi) is 9.43. The van der Waals surface area contributed by atoms with Crippen LogP contribution in [-0.2, 0) is 19.6 Å². The lowest BCUT2D eigenvalue weighted by Gasteiger charge is -2.25. The fourth-order valence-corrected chi connectivity index (χ4v) is 5.07. The zero-order chi connectivity index (χ0) is 27.0. The Morgan fingerprint density at radius 2 is 1.59 bits per heavy atom. The van der Waals surface area contributed by atoms with E-state index in [0.717, 1.165) is 15.4 Å². The van der Waals surface area contributed by atoms with Crippen LogP contribution in [0.15, 0.2) is 77.7 Å². The van der Waals surface area contributed by atoms with Crippen molar-refractivity contribution >= 4 is 33.2 Å². The first-order valence-electron chi connectivity index (χ1n) is 12.0. The van der Waals surface area contributed by atoms with Crippen molar-refractivity contribution < 1.29 is 22.7 Å². The van der Waals surface area contributed by atoms with E-state index in [4.69, 9.17) is 4.74 Å². The monoisotopic (exact) mass is 523 g/mol. The number of amides is 2. The molecule has 9 heteroatoms. The molecule has 0 heterocycles. The van der Waals surface area contributed by atoms with Crippen LogP contribution in [0, 0.1) is 6.92 Å². The van der Waals surface area contributed by atoms with E-state index < -0.39 is 22.5 Å². The highest BCUT2D eigenvalue weighted by atomic mass is 32.2. The van der Waals surface area contributed by atoms with Crippen LogP contribution in [-0.4, -0.2) is 47.0 Å². The molecule has 0 bridgehead atoms. The second-order valence-electron chi connectivity index (χ2n) is 8.91. The summed E-state index contributed by atoms with van der Waals surface area (Å²) in [7, 11) is -2.52. The Morgan fingerprint density at radius 1 is 0.946 bits per heavy atom. The third kappa shape index (κ3) is 7.18. The minimum absolute atomic E-state index is 0.0803. The Bertz CT molecular complexity index is 1320. The zero-order valence-corrected chi connectivity index (χ0v) is 22.3. The predicted octanol–water partition coefficient (Wildman–Crippen LogP) is 4.33. The lowest BCUT2D eigenvalue weighted by Crippen LogP contribution is -2.38. The lowest BCUT2D eigenvalue weighted by atomic mass is 10.0. The largest absolute Gasteiger partial charge is 0.383 e. The number of rotatable bonds is 11. The molecule has 2 amide bonds. The van der Waals surface area contributed by atoms with E-state index >= 15 is 0 Å². The van der Waals surface area contributed by atoms with Crippen molar-refractivity contribution in [3.05, 3.63) is 89.5 Å². The second-order valence-corrected chi connectivity index (χ2v) is 10.8. The molecule has 0 fully saturated rings. The number of carbonyl (C=O) groups excluding carboxylic acids is 2. The molecule has 0 saturated carbocycles. The summed E-state index contributed by atoms with van der Waals surface area (Å²) in [6, 6.07) is 20.1. The highest BCUT2D eigenvalue weighted by Crippen LogP contribution is 2.26. The summed E-state index contributed by atoms with van der Waals surface area (Å²) in [6.07, 6.45) is 0. The standard InChI is InChI=1S/C28H33N3O5S/c1-20(2)22-11-13-23(14-12-22)31(37(34,35)24-15-9-21(3)10-16-24)19-27(32)30-26-8-6-5-7-25(26)28(33)29-17-18-36-4/h5-16,20H,17-19H2,1-4H3,(H,29,33)(H,30,32). The number of nitrogens with one attached hydrogen (secondary N) is 2. The number of para-hydroxylation sites is 1. The van der Waals surface area contributed by atoms with Gasteiger partial charge in [0.1, 0.15) is 6.54 Å². The van der Waals surface area contributed by atoms with Crippen LogP contribution >= 0.6 is 0 Å². The third-order valence-corrected chi connectivity index (χ3v) is 7.57. The molecule has 3 aromatic carbocycles. The molecular formula is C28H33N3O5S. The smallest absolute Gasteiger partial charge is 0.264 e. The fourth-order valence-electron chi connectivity index (χ4n) is 3.65. The number of benzene rings is 3. The summed E-state index contributed by atoms with van der Waals surface area (Å²) in [5.74, 6) is -0.687. The number of ether oxygens (including phenoxy) is 1. The molecule has 0 aromatic heterocycles. The number of hydrogen-bond acceptors (Lipinski definition) is 5. The van der Waals surface area contributed by atoms with Gasteiger partial charge >= 0.3 is 0 Å². The van der Waals surface area contributed by atoms with Crippen molar-refractivity contribution in [2.24, 2.45) is 0 Å². The van der Waals surface area contributed by atoms with Gasteiger partial charge in [-0.25, -0.2) is 8.42 Å². The predicted molar refractivity (Wildman–Crippen MR) is 146 cm³/mol. The molecule has 0 atom stereocenters. The Balaban J connectivity index is 1.90. The zero-order valence-electron chi connectivity index (χ0n) is 21.5. The van der Waals surface area contributed by atoms with Gasteiger partial charge in [-0.05, 0) is 54.8 Å². The molecule has 3 rings (SSSR count). The first-order chi connectivity index (χ1) is 17.6. The second kappa shape index (κ2) is 12.5. The topological polar surface area (TPSA) is 105 Å². The molecule has 0 radical (unpaired) electrons. The van der Waals surface area contributed by atoms with Gasteiger partial charge in [0.2, 0.25) is 5.91 Å². The SMILES string of the molecule is COCCNC(=O)c1ccccc1NC(=O)CN(c1ccc(C(C)C)cc1)S(=O)(=O)c1ccc(C)cc1. The highest BCUT2D eigenvalue weighted by molar-refractivity contribution is 7.92. The molecule has 37 heavy (non-hydrogen) atoms. The van der Waals surface area contributed by atoms with Gasteiger partial charge in [-0.15, -0.1) is 0 Å². The molecular weight excluding hydrogens is 490 g/mol. The van der Waals surface area contributed by atoms with Crippen LogP contribution in [0.25, 0.3) is 0 Å². The first kappa shape index (κ1) is 27.9. The number of methoxy groups -OCH3 is 1. The molecule has 0 aliphatic heterocycles. The van der Waals surface area contributed by atoms with Gasteiger partial charge in [0.25, 0.3) is 15.9 Å². The molecule has 0 saturated heterocycles. The maximum Gasteiger partial charge on any atom is 0.264 e. The van der Waals surface area contributed by atoms with E-state index in [9.17, 15) is 18.0 Å². The summed E-state index contributed by atoms with van der Waals surface area (Å²) in [5, 5.41) is 5.43. The van der Waals surface area contributed by atoms with Crippen molar-refractivity contribution in [3.63, 3.8) is 0 Å². The Labute approximate surface area is 218 Å². The number of nitrogens with zero attached hydrogens (tertiary/aromatic N) is 1. The molecule has 3 aromatic rings. The van der Waals surface area contributed by atoms with Crippen molar-refractivity contribution in [3.8, 4) is 0 Å². The van der Waals surface area contributed by atoms with Crippen LogP contribution < -0.4 is 14.9 Å². The minimum Gasteiger partial charge on any atom is -0.383 e. The van der Waals surface area contributed by atoms with Crippen LogP contribution in [0.4, 0.5) is 11.4 Å². The number of aryl methyl sites for hydroxylation is 1. The molecule has 0 aliphatic carbocycles. The average Bonchev–Trinajstić information content (AvgIpc) is 2.88. The number of hydrogen-bond donors (Lipinski definition) is 2. The summed E-state index contributed by atoms with van der Waals surface area (Å²) in [6.45, 7) is 6.15. The summed E-state index contributed by atoms with van der Waals surface area (Å²) >= 11 is 0. The molecule has 0 unspecified atom stereocenters. The van der Waals surface area contributed by atoms with E-state index in [1.807, 2.05) is 32.9 Å². The van der Waals surface area contributed by atoms with Crippen LogP contribution in [0.5, 0.6) is 0 Å². The molecule has 196 valence electrons. The number of carbonyl (C=O) groups is 2. The summed E-state index contributed by atoms with van der Waals surface area (Å²) < 4.78 is 33.3. The first-order valence-corrected chi connectivity index (χ1v) is 13.4. The maximum atomic E-state index is 13.6. The third-order valence-electron chi connectivity index (χ3n) is 5.78. The van der Waals surface area contributed by atoms with Crippen molar-refractivity contribution in [1.29, 1.82) is 0 Å². The maximum absolute atomic E-state index is 13.6. The van der Waals surface area contributed by atoms with Crippen molar-refractivity contribution in [1.82, 2.24) is 5.32 Å². The molecule has 0 aliphatic rings. The van der Waals surface area contributed by atoms with Crippen LogP contribution in [0.1, 0.15) is 41.3 Å². The van der Waals surface area contributed by atoms with Crippen LogP contribution in [0.2, 0.25) is 0 Å². The minimum atomic E-state index is -4.05. The van der Waals surface area contributed by atoms with E-state index in [-0.39, 0.29) is 28.0 Å². The highest BCUT2D eigenvalue weighted by Gasteiger charge is 2.28. The van der Waals surface area contributed by atoms with E-state index in [0.29, 0.717) is 18.8 Å². The van der Waals surface area contributed by atoms with Gasteiger partial charge in [-0.2, -0.15) is 0 Å². The van der Waals surface area contributed by atoms with E-state index in [1.165, 1.54) is 19.2 Å². The van der Waals surface area contributed by atoms with Gasteiger partial charge in [-0.3, -0.25) is 13.9 Å². The fraction of sp³-hybridized carbons (Fsp3) is 0.286. The van der Waals surface area contributed by atoms with Gasteiger partial charge in [0.15, 0.2) is 0 Å². The normalized spacial score (nSPS) is 11.3. The van der Waals surface area contributed by atoms with Gasteiger partial charge < -0.3 is 15.4 Å². The van der Waals surface area contributed by atoms with Gasteiger partial charge in [0, 0.05) is 13.7 Å². The van der Waals surface area contributed by atoms with Gasteiger partial charge in [-0.1, -0.05) is 55.8 Å². The average molecular weight is 524 g/mol. The van der Waals surface area contributed by atoms with Crippen LogP contribution in [0.3, 0.4) is 0 Å². The Hall–Kier alpha value is -3.69. The molecule has 8 nitrogen and oxygen atoms in total. The number of anilines is 2. The van der Waals surface area contributed by atoms with E-state index in [1.54, 1.807) is 48.5 Å². The summed E-state index contributed by atoms with van der Waals surface area (Å²) in [5.41, 5.74) is 2.89. The van der Waals surface area contributed by atoms with Gasteiger partial charge in [0.05, 0.1) is 28.4 Å². The molecule has 0 spiro atoms. The van der Waals surface area contributed by atoms with E-state index in [2.05, 4.69) is 10.6 Å².